The van der Waals surface area contributed by atoms with E-state index in [1.807, 2.05) is 6.07 Å². The number of nitrogens with zero attached hydrogens (tertiary/aromatic N) is 3. The van der Waals surface area contributed by atoms with Crippen LogP contribution in [0, 0.1) is 17.1 Å². The average molecular weight is 323 g/mol. The lowest BCUT2D eigenvalue weighted by Gasteiger charge is -2.19. The number of carbonyl (C=O) groups excluding carboxylic acids is 2. The molecule has 1 unspecified atom stereocenters. The van der Waals surface area contributed by atoms with E-state index in [0.29, 0.717) is 11.3 Å². The Morgan fingerprint density at radius 3 is 2.29 bits per heavy atom. The summed E-state index contributed by atoms with van der Waals surface area (Å²) in [4.78, 5) is 27.6. The van der Waals surface area contributed by atoms with Gasteiger partial charge in [-0.05, 0) is 48.9 Å². The molecule has 5 nitrogen and oxygen atoms in total. The number of urea groups is 1. The van der Waals surface area contributed by atoms with E-state index in [2.05, 4.69) is 0 Å². The summed E-state index contributed by atoms with van der Waals surface area (Å²) in [7, 11) is 0. The van der Waals surface area contributed by atoms with Gasteiger partial charge in [0.1, 0.15) is 11.9 Å². The molecule has 0 aliphatic carbocycles. The molecule has 1 aliphatic rings. The van der Waals surface area contributed by atoms with Gasteiger partial charge in [0.05, 0.1) is 18.2 Å². The van der Waals surface area contributed by atoms with Crippen molar-refractivity contribution < 1.29 is 14.0 Å². The first-order valence-electron chi connectivity index (χ1n) is 7.40. The molecule has 2 aromatic carbocycles. The highest BCUT2D eigenvalue weighted by Gasteiger charge is 2.43. The SMILES string of the molecule is CC1C(=O)N(Cc2ccc(C#N)cc2)C(=O)N1c1ccc(F)cc1. The fourth-order valence-electron chi connectivity index (χ4n) is 2.67. The molecule has 0 N–H and O–H groups in total. The highest BCUT2D eigenvalue weighted by Crippen LogP contribution is 2.27. The maximum absolute atomic E-state index is 13.1. The van der Waals surface area contributed by atoms with Gasteiger partial charge in [0.2, 0.25) is 0 Å². The topological polar surface area (TPSA) is 64.4 Å². The molecule has 1 fully saturated rings. The van der Waals surface area contributed by atoms with Gasteiger partial charge < -0.3 is 0 Å². The van der Waals surface area contributed by atoms with Crippen LogP contribution in [0.2, 0.25) is 0 Å². The van der Waals surface area contributed by atoms with E-state index in [1.54, 1.807) is 31.2 Å². The summed E-state index contributed by atoms with van der Waals surface area (Å²) in [6.45, 7) is 1.77. The lowest BCUT2D eigenvalue weighted by molar-refractivity contribution is -0.127. The number of carbonyl (C=O) groups is 2. The van der Waals surface area contributed by atoms with Crippen LogP contribution < -0.4 is 4.90 Å². The van der Waals surface area contributed by atoms with Crippen molar-refractivity contribution in [3.8, 4) is 6.07 Å². The van der Waals surface area contributed by atoms with Gasteiger partial charge >= 0.3 is 6.03 Å². The largest absolute Gasteiger partial charge is 0.332 e. The van der Waals surface area contributed by atoms with Crippen LogP contribution in [0.4, 0.5) is 14.9 Å². The van der Waals surface area contributed by atoms with Crippen molar-refractivity contribution in [2.24, 2.45) is 0 Å². The Bertz CT molecular complexity index is 825. The highest BCUT2D eigenvalue weighted by molar-refractivity contribution is 6.13. The molecule has 3 amide bonds. The minimum absolute atomic E-state index is 0.130. The number of imide groups is 1. The Morgan fingerprint density at radius 2 is 1.71 bits per heavy atom. The van der Waals surface area contributed by atoms with E-state index >= 15 is 0 Å². The first-order valence-corrected chi connectivity index (χ1v) is 7.40. The van der Waals surface area contributed by atoms with Crippen molar-refractivity contribution in [1.82, 2.24) is 4.90 Å². The third kappa shape index (κ3) is 2.72. The summed E-state index contributed by atoms with van der Waals surface area (Å²) in [6.07, 6.45) is 0. The summed E-state index contributed by atoms with van der Waals surface area (Å²) < 4.78 is 13.1. The van der Waals surface area contributed by atoms with Gasteiger partial charge in [-0.2, -0.15) is 5.26 Å². The molecule has 0 saturated carbocycles. The zero-order valence-electron chi connectivity index (χ0n) is 12.9. The monoisotopic (exact) mass is 323 g/mol. The number of rotatable bonds is 3. The summed E-state index contributed by atoms with van der Waals surface area (Å²) in [5.41, 5.74) is 1.74. The molecule has 0 radical (unpaired) electrons. The van der Waals surface area contributed by atoms with E-state index in [-0.39, 0.29) is 12.5 Å². The minimum atomic E-state index is -0.652. The van der Waals surface area contributed by atoms with Crippen LogP contribution in [0.15, 0.2) is 48.5 Å². The molecule has 0 aromatic heterocycles. The fourth-order valence-corrected chi connectivity index (χ4v) is 2.67. The van der Waals surface area contributed by atoms with Crippen LogP contribution in [0.1, 0.15) is 18.1 Å². The molecule has 1 aliphatic heterocycles. The van der Waals surface area contributed by atoms with Gasteiger partial charge in [0.15, 0.2) is 0 Å². The van der Waals surface area contributed by atoms with Gasteiger partial charge in [-0.1, -0.05) is 12.1 Å². The zero-order chi connectivity index (χ0) is 17.3. The summed E-state index contributed by atoms with van der Waals surface area (Å²) in [5, 5.41) is 8.81. The molecular weight excluding hydrogens is 309 g/mol. The van der Waals surface area contributed by atoms with Crippen molar-refractivity contribution in [3.63, 3.8) is 0 Å². The van der Waals surface area contributed by atoms with Crippen molar-refractivity contribution >= 4 is 17.6 Å². The quantitative estimate of drug-likeness (QED) is 0.816. The van der Waals surface area contributed by atoms with Gasteiger partial charge in [-0.15, -0.1) is 0 Å². The molecular formula is C18H14FN3O2. The maximum Gasteiger partial charge on any atom is 0.332 e. The summed E-state index contributed by atoms with van der Waals surface area (Å²) in [5.74, 6) is -0.715. The average Bonchev–Trinajstić information content (AvgIpc) is 2.80. The summed E-state index contributed by atoms with van der Waals surface area (Å²) in [6, 6.07) is 13.1. The summed E-state index contributed by atoms with van der Waals surface area (Å²) >= 11 is 0. The van der Waals surface area contributed by atoms with Gasteiger partial charge in [0, 0.05) is 5.69 Å². The Hall–Kier alpha value is -3.20. The van der Waals surface area contributed by atoms with Crippen LogP contribution in [0.5, 0.6) is 0 Å². The van der Waals surface area contributed by atoms with E-state index in [0.717, 1.165) is 10.5 Å². The first-order chi connectivity index (χ1) is 11.5. The van der Waals surface area contributed by atoms with Crippen molar-refractivity contribution in [3.05, 3.63) is 65.5 Å². The number of nitriles is 1. The van der Waals surface area contributed by atoms with Gasteiger partial charge in [-0.25, -0.2) is 9.18 Å². The van der Waals surface area contributed by atoms with E-state index in [1.165, 1.54) is 29.2 Å². The molecule has 1 saturated heterocycles. The molecule has 6 heteroatoms. The van der Waals surface area contributed by atoms with Crippen LogP contribution in [0.3, 0.4) is 0 Å². The number of benzene rings is 2. The van der Waals surface area contributed by atoms with Crippen LogP contribution in [-0.4, -0.2) is 22.9 Å². The third-order valence-corrected chi connectivity index (χ3v) is 3.98. The van der Waals surface area contributed by atoms with Crippen molar-refractivity contribution in [2.45, 2.75) is 19.5 Å². The van der Waals surface area contributed by atoms with Crippen LogP contribution in [0.25, 0.3) is 0 Å². The predicted molar refractivity (Wildman–Crippen MR) is 85.4 cm³/mol. The van der Waals surface area contributed by atoms with Gasteiger partial charge in [0.25, 0.3) is 5.91 Å². The predicted octanol–water partition coefficient (Wildman–Crippen LogP) is 3.05. The molecule has 1 heterocycles. The van der Waals surface area contributed by atoms with Crippen molar-refractivity contribution in [1.29, 1.82) is 5.26 Å². The highest BCUT2D eigenvalue weighted by atomic mass is 19.1. The first kappa shape index (κ1) is 15.7. The van der Waals surface area contributed by atoms with E-state index < -0.39 is 17.9 Å². The Labute approximate surface area is 138 Å². The molecule has 0 spiro atoms. The second-order valence-corrected chi connectivity index (χ2v) is 5.54. The number of anilines is 1. The fraction of sp³-hybridized carbons (Fsp3) is 0.167. The maximum atomic E-state index is 13.1. The van der Waals surface area contributed by atoms with E-state index in [9.17, 15) is 14.0 Å². The second kappa shape index (κ2) is 6.13. The normalized spacial score (nSPS) is 17.3. The Balaban J connectivity index is 1.84. The van der Waals surface area contributed by atoms with Crippen LogP contribution in [-0.2, 0) is 11.3 Å². The van der Waals surface area contributed by atoms with Crippen LogP contribution >= 0.6 is 0 Å². The molecule has 3 rings (SSSR count). The molecule has 0 bridgehead atoms. The number of hydrogen-bond acceptors (Lipinski definition) is 3. The number of amides is 3. The third-order valence-electron chi connectivity index (χ3n) is 3.98. The lowest BCUT2D eigenvalue weighted by atomic mass is 10.1. The van der Waals surface area contributed by atoms with Gasteiger partial charge in [-0.3, -0.25) is 14.6 Å². The van der Waals surface area contributed by atoms with E-state index in [4.69, 9.17) is 5.26 Å². The second-order valence-electron chi connectivity index (χ2n) is 5.54. The Kier molecular flexibility index (Phi) is 4.00. The molecule has 1 atom stereocenters. The number of halogens is 1. The molecule has 2 aromatic rings. The number of hydrogen-bond donors (Lipinski definition) is 0. The standard InChI is InChI=1S/C18H14FN3O2/c1-12-17(23)21(11-14-4-2-13(10-20)3-5-14)18(24)22(12)16-8-6-15(19)7-9-16/h2-9,12H,11H2,1H3. The zero-order valence-corrected chi connectivity index (χ0v) is 12.9. The molecule has 120 valence electrons. The molecule has 24 heavy (non-hydrogen) atoms. The van der Waals surface area contributed by atoms with Crippen molar-refractivity contribution in [2.75, 3.05) is 4.90 Å². The Morgan fingerprint density at radius 1 is 1.08 bits per heavy atom. The smallest absolute Gasteiger partial charge is 0.282 e. The minimum Gasteiger partial charge on any atom is -0.282 e. The lowest BCUT2D eigenvalue weighted by Crippen LogP contribution is -2.33.